The van der Waals surface area contributed by atoms with Gasteiger partial charge in [-0.2, -0.15) is 4.98 Å². The van der Waals surface area contributed by atoms with E-state index < -0.39 is 19.0 Å². The van der Waals surface area contributed by atoms with E-state index in [0.717, 1.165) is 11.1 Å². The van der Waals surface area contributed by atoms with Crippen LogP contribution in [0.1, 0.15) is 23.3 Å². The molecular weight excluding hydrogens is 479 g/mol. The molecule has 0 saturated carbocycles. The van der Waals surface area contributed by atoms with Crippen LogP contribution in [0.5, 0.6) is 0 Å². The number of hydrogen-bond acceptors (Lipinski definition) is 6. The van der Waals surface area contributed by atoms with Crippen molar-refractivity contribution in [1.82, 2.24) is 14.6 Å². The molecule has 0 bridgehead atoms. The zero-order chi connectivity index (χ0) is 21.2. The summed E-state index contributed by atoms with van der Waals surface area (Å²) >= 11 is 9.55. The van der Waals surface area contributed by atoms with E-state index in [4.69, 9.17) is 21.8 Å². The Morgan fingerprint density at radius 1 is 1.45 bits per heavy atom. The van der Waals surface area contributed by atoms with Gasteiger partial charge in [0.05, 0.1) is 19.4 Å². The number of nitrogens with one attached hydrogen (secondary N) is 1. The number of fused-ring (bicyclic) bond motifs is 1. The lowest BCUT2D eigenvalue weighted by molar-refractivity contribution is -0.324. The number of furan rings is 1. The Balaban J connectivity index is 1.82. The van der Waals surface area contributed by atoms with Crippen molar-refractivity contribution in [2.24, 2.45) is 5.73 Å². The number of halogens is 5. The van der Waals surface area contributed by atoms with Crippen LogP contribution in [0.4, 0.5) is 19.0 Å². The zero-order valence-electron chi connectivity index (χ0n) is 15.3. The molecule has 0 fully saturated rings. The third-order valence-electron chi connectivity index (χ3n) is 4.30. The molecule has 7 nitrogen and oxygen atoms in total. The van der Waals surface area contributed by atoms with Gasteiger partial charge in [-0.1, -0.05) is 0 Å². The van der Waals surface area contributed by atoms with Crippen LogP contribution in [0.25, 0.3) is 5.52 Å². The minimum atomic E-state index is -4.66. The smallest absolute Gasteiger partial charge is 0.467 e. The average molecular weight is 497 g/mol. The van der Waals surface area contributed by atoms with Gasteiger partial charge in [0, 0.05) is 6.04 Å². The standard InChI is InChI=1S/C17H18BrClF3N5O2/c1-9-12(7-10(23)4-6-29-17(20,21)22)14(18)27-13(9)15(25-16(19)26-27)24-8-11-3-2-5-28-11/h2-3,5,10H,4,6-8,23H2,1H3,(H,24,25,26)/t10-/m0/s1. The highest BCUT2D eigenvalue weighted by Crippen LogP contribution is 2.32. The summed E-state index contributed by atoms with van der Waals surface area (Å²) in [6, 6.07) is 3.06. The maximum atomic E-state index is 12.1. The largest absolute Gasteiger partial charge is 0.522 e. The van der Waals surface area contributed by atoms with E-state index >= 15 is 0 Å². The SMILES string of the molecule is Cc1c(C[C@@H](N)CCOC(F)(F)F)c(Br)n2nc(Cl)nc(NCc3ccco3)c12. The van der Waals surface area contributed by atoms with Crippen LogP contribution in [-0.2, 0) is 17.7 Å². The Bertz CT molecular complexity index is 978. The molecule has 3 N–H and O–H groups in total. The fraction of sp³-hybridized carbons (Fsp3) is 0.412. The third kappa shape index (κ3) is 5.41. The van der Waals surface area contributed by atoms with E-state index in [1.165, 1.54) is 0 Å². The number of aromatic nitrogens is 3. The van der Waals surface area contributed by atoms with E-state index in [1.807, 2.05) is 13.0 Å². The normalized spacial score (nSPS) is 13.2. The number of nitrogens with two attached hydrogens (primary N) is 1. The van der Waals surface area contributed by atoms with Gasteiger partial charge in [0.25, 0.3) is 0 Å². The summed E-state index contributed by atoms with van der Waals surface area (Å²) in [7, 11) is 0. The van der Waals surface area contributed by atoms with Crippen LogP contribution < -0.4 is 11.1 Å². The van der Waals surface area contributed by atoms with E-state index in [2.05, 4.69) is 36.1 Å². The lowest BCUT2D eigenvalue weighted by atomic mass is 10.0. The number of hydrogen-bond donors (Lipinski definition) is 2. The lowest BCUT2D eigenvalue weighted by Crippen LogP contribution is -2.26. The van der Waals surface area contributed by atoms with Gasteiger partial charge < -0.3 is 15.5 Å². The number of nitrogens with zero attached hydrogens (tertiary/aromatic N) is 3. The molecule has 158 valence electrons. The summed E-state index contributed by atoms with van der Waals surface area (Å²) in [6.45, 7) is 1.75. The lowest BCUT2D eigenvalue weighted by Gasteiger charge is -2.13. The van der Waals surface area contributed by atoms with Crippen LogP contribution in [-0.4, -0.2) is 33.6 Å². The predicted molar refractivity (Wildman–Crippen MR) is 105 cm³/mol. The molecule has 3 aromatic rings. The Labute approximate surface area is 177 Å². The number of alkyl halides is 3. The molecule has 0 aliphatic carbocycles. The molecule has 3 aromatic heterocycles. The number of rotatable bonds is 8. The van der Waals surface area contributed by atoms with Crippen molar-refractivity contribution in [3.63, 3.8) is 0 Å². The molecule has 0 unspecified atom stereocenters. The van der Waals surface area contributed by atoms with Gasteiger partial charge in [-0.3, -0.25) is 4.74 Å². The first-order chi connectivity index (χ1) is 13.7. The van der Waals surface area contributed by atoms with E-state index in [9.17, 15) is 13.2 Å². The first-order valence-electron chi connectivity index (χ1n) is 8.61. The fourth-order valence-electron chi connectivity index (χ4n) is 2.94. The van der Waals surface area contributed by atoms with Crippen molar-refractivity contribution >= 4 is 38.9 Å². The van der Waals surface area contributed by atoms with Gasteiger partial charge >= 0.3 is 6.36 Å². The molecule has 3 rings (SSSR count). The number of ether oxygens (including phenoxy) is 1. The molecule has 3 heterocycles. The van der Waals surface area contributed by atoms with Crippen molar-refractivity contribution in [3.8, 4) is 0 Å². The molecule has 0 radical (unpaired) electrons. The first-order valence-corrected chi connectivity index (χ1v) is 9.78. The van der Waals surface area contributed by atoms with Crippen LogP contribution in [0.2, 0.25) is 5.28 Å². The maximum Gasteiger partial charge on any atom is 0.522 e. The van der Waals surface area contributed by atoms with Gasteiger partial charge in [0.1, 0.15) is 15.9 Å². The highest BCUT2D eigenvalue weighted by molar-refractivity contribution is 9.10. The van der Waals surface area contributed by atoms with Gasteiger partial charge in [0.15, 0.2) is 5.82 Å². The first kappa shape index (κ1) is 21.9. The molecular formula is C17H18BrClF3N5O2. The second-order valence-corrected chi connectivity index (χ2v) is 7.45. The molecule has 29 heavy (non-hydrogen) atoms. The van der Waals surface area contributed by atoms with E-state index in [-0.39, 0.29) is 11.7 Å². The molecule has 0 aliphatic rings. The molecule has 1 atom stereocenters. The van der Waals surface area contributed by atoms with Crippen LogP contribution >= 0.6 is 27.5 Å². The Kier molecular flexibility index (Phi) is 6.72. The zero-order valence-corrected chi connectivity index (χ0v) is 17.6. The Morgan fingerprint density at radius 2 is 2.21 bits per heavy atom. The summed E-state index contributed by atoms with van der Waals surface area (Å²) < 4.78 is 47.7. The van der Waals surface area contributed by atoms with E-state index in [1.54, 1.807) is 16.8 Å². The fourth-order valence-corrected chi connectivity index (χ4v) is 3.82. The summed E-state index contributed by atoms with van der Waals surface area (Å²) in [4.78, 5) is 4.26. The highest BCUT2D eigenvalue weighted by Gasteiger charge is 2.29. The predicted octanol–water partition coefficient (Wildman–Crippen LogP) is 4.46. The minimum Gasteiger partial charge on any atom is -0.467 e. The van der Waals surface area contributed by atoms with Crippen LogP contribution in [0, 0.1) is 6.92 Å². The quantitative estimate of drug-likeness (QED) is 0.479. The number of aryl methyl sites for hydroxylation is 1. The van der Waals surface area contributed by atoms with Crippen LogP contribution in [0.3, 0.4) is 0 Å². The van der Waals surface area contributed by atoms with Crippen molar-refractivity contribution in [2.45, 2.75) is 38.7 Å². The molecule has 0 saturated heterocycles. The van der Waals surface area contributed by atoms with Gasteiger partial charge in [0.2, 0.25) is 5.28 Å². The molecule has 0 spiro atoms. The van der Waals surface area contributed by atoms with Crippen molar-refractivity contribution < 1.29 is 22.3 Å². The topological polar surface area (TPSA) is 90.6 Å². The summed E-state index contributed by atoms with van der Waals surface area (Å²) in [5.74, 6) is 1.22. The van der Waals surface area contributed by atoms with Crippen molar-refractivity contribution in [1.29, 1.82) is 0 Å². The molecule has 0 aliphatic heterocycles. The summed E-state index contributed by atoms with van der Waals surface area (Å²) in [6.07, 6.45) is -2.72. The average Bonchev–Trinajstić information content (AvgIpc) is 3.22. The Hall–Kier alpha value is -1.82. The second-order valence-electron chi connectivity index (χ2n) is 6.36. The van der Waals surface area contributed by atoms with Crippen molar-refractivity contribution in [3.05, 3.63) is 45.2 Å². The Morgan fingerprint density at radius 3 is 2.86 bits per heavy atom. The third-order valence-corrected chi connectivity index (χ3v) is 5.27. The molecule has 0 aromatic carbocycles. The minimum absolute atomic E-state index is 0.0320. The van der Waals surface area contributed by atoms with Gasteiger partial charge in [-0.25, -0.2) is 4.52 Å². The van der Waals surface area contributed by atoms with E-state index in [0.29, 0.717) is 34.7 Å². The molecule has 12 heteroatoms. The monoisotopic (exact) mass is 495 g/mol. The van der Waals surface area contributed by atoms with Crippen LogP contribution in [0.15, 0.2) is 27.4 Å². The second kappa shape index (κ2) is 8.90. The maximum absolute atomic E-state index is 12.1. The molecule has 0 amide bonds. The van der Waals surface area contributed by atoms with Gasteiger partial charge in [-0.15, -0.1) is 18.3 Å². The summed E-state index contributed by atoms with van der Waals surface area (Å²) in [5, 5.41) is 7.41. The van der Waals surface area contributed by atoms with Gasteiger partial charge in [-0.05, 0) is 70.6 Å². The summed E-state index contributed by atoms with van der Waals surface area (Å²) in [5.41, 5.74) is 8.34. The van der Waals surface area contributed by atoms with Crippen molar-refractivity contribution in [2.75, 3.05) is 11.9 Å². The highest BCUT2D eigenvalue weighted by atomic mass is 79.9. The number of anilines is 1.